The molecule has 1 N–H and O–H groups in total. The summed E-state index contributed by atoms with van der Waals surface area (Å²) in [4.78, 5) is 2.54. The predicted octanol–water partition coefficient (Wildman–Crippen LogP) is 4.01. The molecule has 2 heterocycles. The minimum atomic E-state index is -0.334. The number of hydrogen-bond donors (Lipinski definition) is 1. The molecule has 2 saturated heterocycles. The van der Waals surface area contributed by atoms with E-state index >= 15 is 0 Å². The molecule has 1 spiro atoms. The van der Waals surface area contributed by atoms with Gasteiger partial charge in [-0.15, -0.1) is 0 Å². The fourth-order valence-corrected chi connectivity index (χ4v) is 4.13. The minimum absolute atomic E-state index is 0.227. The van der Waals surface area contributed by atoms with Crippen LogP contribution < -0.4 is 5.32 Å². The molecule has 0 amide bonds. The van der Waals surface area contributed by atoms with E-state index < -0.39 is 0 Å². The van der Waals surface area contributed by atoms with Gasteiger partial charge in [0.15, 0.2) is 0 Å². The van der Waals surface area contributed by atoms with E-state index in [4.69, 9.17) is 11.6 Å². The number of likely N-dealkylation sites (tertiary alicyclic amines) is 1. The molecule has 4 heteroatoms. The third kappa shape index (κ3) is 3.25. The Morgan fingerprint density at radius 3 is 2.86 bits per heavy atom. The number of hydrogen-bond acceptors (Lipinski definition) is 2. The van der Waals surface area contributed by atoms with Crippen LogP contribution in [0.2, 0.25) is 5.02 Å². The topological polar surface area (TPSA) is 15.3 Å². The van der Waals surface area contributed by atoms with Crippen molar-refractivity contribution < 1.29 is 4.39 Å². The Kier molecular flexibility index (Phi) is 4.53. The van der Waals surface area contributed by atoms with Crippen LogP contribution in [0.5, 0.6) is 0 Å². The second-order valence-corrected chi connectivity index (χ2v) is 7.11. The van der Waals surface area contributed by atoms with Gasteiger partial charge in [-0.3, -0.25) is 4.90 Å². The summed E-state index contributed by atoms with van der Waals surface area (Å²) in [5.41, 5.74) is 1.55. The Balaban J connectivity index is 1.74. The number of piperidine rings is 2. The molecule has 116 valence electrons. The quantitative estimate of drug-likeness (QED) is 0.888. The minimum Gasteiger partial charge on any atom is -0.316 e. The van der Waals surface area contributed by atoms with Crippen molar-refractivity contribution in [3.05, 3.63) is 34.6 Å². The molecule has 2 unspecified atom stereocenters. The van der Waals surface area contributed by atoms with Crippen molar-refractivity contribution in [1.29, 1.82) is 0 Å². The van der Waals surface area contributed by atoms with Gasteiger partial charge < -0.3 is 5.32 Å². The zero-order chi connectivity index (χ0) is 14.9. The van der Waals surface area contributed by atoms with Crippen LogP contribution in [-0.4, -0.2) is 31.1 Å². The molecule has 0 radical (unpaired) electrons. The van der Waals surface area contributed by atoms with Gasteiger partial charge in [0, 0.05) is 19.1 Å². The van der Waals surface area contributed by atoms with Crippen LogP contribution in [-0.2, 0) is 0 Å². The largest absolute Gasteiger partial charge is 0.316 e. The molecule has 0 bridgehead atoms. The van der Waals surface area contributed by atoms with Gasteiger partial charge in [0.2, 0.25) is 0 Å². The molecule has 2 fully saturated rings. The van der Waals surface area contributed by atoms with Gasteiger partial charge in [-0.2, -0.15) is 0 Å². The Hall–Kier alpha value is -0.640. The van der Waals surface area contributed by atoms with Crippen LogP contribution in [0.3, 0.4) is 0 Å². The summed E-state index contributed by atoms with van der Waals surface area (Å²) in [5.74, 6) is -0.334. The van der Waals surface area contributed by atoms with E-state index in [9.17, 15) is 4.39 Å². The first kappa shape index (κ1) is 15.3. The average Bonchev–Trinajstić information content (AvgIpc) is 2.50. The zero-order valence-electron chi connectivity index (χ0n) is 12.7. The molecule has 0 aromatic heterocycles. The lowest BCUT2D eigenvalue weighted by atomic mass is 9.74. The Bertz CT molecular complexity index is 494. The van der Waals surface area contributed by atoms with Gasteiger partial charge in [-0.1, -0.05) is 17.7 Å². The molecule has 2 atom stereocenters. The van der Waals surface area contributed by atoms with Gasteiger partial charge in [0.1, 0.15) is 5.82 Å². The summed E-state index contributed by atoms with van der Waals surface area (Å²) >= 11 is 5.94. The van der Waals surface area contributed by atoms with E-state index in [2.05, 4.69) is 17.1 Å². The molecule has 1 aromatic rings. The van der Waals surface area contributed by atoms with E-state index in [0.717, 1.165) is 31.7 Å². The van der Waals surface area contributed by atoms with Gasteiger partial charge in [-0.25, -0.2) is 4.39 Å². The van der Waals surface area contributed by atoms with Crippen LogP contribution in [0.4, 0.5) is 4.39 Å². The van der Waals surface area contributed by atoms with Crippen molar-refractivity contribution in [2.75, 3.05) is 26.2 Å². The highest BCUT2D eigenvalue weighted by atomic mass is 35.5. The third-order valence-corrected chi connectivity index (χ3v) is 5.52. The maximum atomic E-state index is 13.3. The van der Waals surface area contributed by atoms with Crippen LogP contribution >= 0.6 is 11.6 Å². The second kappa shape index (κ2) is 6.23. The van der Waals surface area contributed by atoms with Crippen molar-refractivity contribution in [2.24, 2.45) is 5.41 Å². The average molecular weight is 311 g/mol. The summed E-state index contributed by atoms with van der Waals surface area (Å²) in [7, 11) is 0. The highest BCUT2D eigenvalue weighted by Gasteiger charge is 2.37. The maximum Gasteiger partial charge on any atom is 0.141 e. The fourth-order valence-electron chi connectivity index (χ4n) is 3.94. The first-order valence-corrected chi connectivity index (χ1v) is 8.37. The summed E-state index contributed by atoms with van der Waals surface area (Å²) in [6.45, 7) is 6.76. The number of benzene rings is 1. The van der Waals surface area contributed by atoms with Crippen LogP contribution in [0, 0.1) is 11.2 Å². The fraction of sp³-hybridized carbons (Fsp3) is 0.647. The monoisotopic (exact) mass is 310 g/mol. The van der Waals surface area contributed by atoms with E-state index in [1.807, 2.05) is 6.07 Å². The summed E-state index contributed by atoms with van der Waals surface area (Å²) in [5, 5.41) is 3.79. The summed E-state index contributed by atoms with van der Waals surface area (Å²) < 4.78 is 13.3. The number of nitrogens with zero attached hydrogens (tertiary/aromatic N) is 1. The first-order valence-electron chi connectivity index (χ1n) is 7.99. The highest BCUT2D eigenvalue weighted by Crippen LogP contribution is 2.39. The van der Waals surface area contributed by atoms with Crippen molar-refractivity contribution in [2.45, 2.75) is 38.6 Å². The standard InChI is InChI=1S/C17H24ClFN2/c1-13(14-4-5-16(19)15(18)10-14)21-9-3-7-17(12-21)6-2-8-20-11-17/h4-5,10,13,20H,2-3,6-9,11-12H2,1H3. The van der Waals surface area contributed by atoms with E-state index in [1.165, 1.54) is 31.7 Å². The second-order valence-electron chi connectivity index (χ2n) is 6.70. The molecule has 3 rings (SSSR count). The lowest BCUT2D eigenvalue weighted by Crippen LogP contribution is -2.51. The SMILES string of the molecule is CC(c1ccc(F)c(Cl)c1)N1CCCC2(CCCNC2)C1. The molecule has 2 aliphatic heterocycles. The number of rotatable bonds is 2. The molecule has 2 nitrogen and oxygen atoms in total. The molecule has 0 aliphatic carbocycles. The smallest absolute Gasteiger partial charge is 0.141 e. The van der Waals surface area contributed by atoms with E-state index in [1.54, 1.807) is 6.07 Å². The highest BCUT2D eigenvalue weighted by molar-refractivity contribution is 6.30. The lowest BCUT2D eigenvalue weighted by molar-refractivity contribution is 0.0415. The maximum absolute atomic E-state index is 13.3. The van der Waals surface area contributed by atoms with Crippen molar-refractivity contribution in [3.63, 3.8) is 0 Å². The first-order chi connectivity index (χ1) is 10.1. The molecule has 0 saturated carbocycles. The molecule has 21 heavy (non-hydrogen) atoms. The summed E-state index contributed by atoms with van der Waals surface area (Å²) in [6, 6.07) is 5.42. The molecular formula is C17H24ClFN2. The normalized spacial score (nSPS) is 28.7. The van der Waals surface area contributed by atoms with Crippen LogP contribution in [0.15, 0.2) is 18.2 Å². The Morgan fingerprint density at radius 1 is 1.33 bits per heavy atom. The van der Waals surface area contributed by atoms with Gasteiger partial charge in [0.25, 0.3) is 0 Å². The van der Waals surface area contributed by atoms with Gasteiger partial charge >= 0.3 is 0 Å². The lowest BCUT2D eigenvalue weighted by Gasteiger charge is -2.47. The molecular weight excluding hydrogens is 287 g/mol. The van der Waals surface area contributed by atoms with Gasteiger partial charge in [-0.05, 0) is 68.8 Å². The van der Waals surface area contributed by atoms with Crippen molar-refractivity contribution >= 4 is 11.6 Å². The Morgan fingerprint density at radius 2 is 2.14 bits per heavy atom. The molecule has 2 aliphatic rings. The summed E-state index contributed by atoms with van der Waals surface area (Å²) in [6.07, 6.45) is 5.19. The van der Waals surface area contributed by atoms with E-state index in [0.29, 0.717) is 11.5 Å². The van der Waals surface area contributed by atoms with Crippen LogP contribution in [0.25, 0.3) is 0 Å². The predicted molar refractivity (Wildman–Crippen MR) is 85.2 cm³/mol. The van der Waals surface area contributed by atoms with Crippen molar-refractivity contribution in [1.82, 2.24) is 10.2 Å². The number of halogens is 2. The van der Waals surface area contributed by atoms with E-state index in [-0.39, 0.29) is 10.8 Å². The zero-order valence-corrected chi connectivity index (χ0v) is 13.4. The van der Waals surface area contributed by atoms with Gasteiger partial charge in [0.05, 0.1) is 5.02 Å². The third-order valence-electron chi connectivity index (χ3n) is 5.23. The number of nitrogens with one attached hydrogen (secondary N) is 1. The molecule has 1 aromatic carbocycles. The Labute approximate surface area is 131 Å². The van der Waals surface area contributed by atoms with Crippen LogP contribution in [0.1, 0.15) is 44.2 Å². The van der Waals surface area contributed by atoms with Crippen molar-refractivity contribution in [3.8, 4) is 0 Å².